The Labute approximate surface area is 127 Å². The van der Waals surface area contributed by atoms with E-state index in [0.29, 0.717) is 0 Å². The number of nitrogens with two attached hydrogens (primary N) is 1. The van der Waals surface area contributed by atoms with Gasteiger partial charge in [0.2, 0.25) is 0 Å². The molecule has 0 aliphatic heterocycles. The number of halogens is 1. The molecule has 2 rings (SSSR count). The maximum atomic E-state index is 6.35. The van der Waals surface area contributed by atoms with Gasteiger partial charge in [-0.15, -0.1) is 11.3 Å². The highest BCUT2D eigenvalue weighted by Gasteiger charge is 2.12. The van der Waals surface area contributed by atoms with E-state index in [4.69, 9.17) is 5.73 Å². The van der Waals surface area contributed by atoms with Gasteiger partial charge in [-0.2, -0.15) is 0 Å². The van der Waals surface area contributed by atoms with E-state index in [-0.39, 0.29) is 6.04 Å². The van der Waals surface area contributed by atoms with Gasteiger partial charge < -0.3 is 5.73 Å². The fraction of sp³-hybridized carbons (Fsp3) is 0.333. The first-order chi connectivity index (χ1) is 8.65. The Bertz CT molecular complexity index is 533. The van der Waals surface area contributed by atoms with Crippen LogP contribution in [0.4, 0.5) is 0 Å². The Hall–Kier alpha value is -0.390. The lowest BCUT2D eigenvalue weighted by Crippen LogP contribution is -2.11. The zero-order chi connectivity index (χ0) is 13.1. The van der Waals surface area contributed by atoms with Crippen LogP contribution < -0.4 is 5.73 Å². The number of rotatable bonds is 4. The molecule has 1 unspecified atom stereocenters. The summed E-state index contributed by atoms with van der Waals surface area (Å²) in [6.07, 6.45) is 2.17. The van der Waals surface area contributed by atoms with E-state index in [1.54, 1.807) is 11.3 Å². The molecule has 1 aromatic carbocycles. The number of aryl methyl sites for hydroxylation is 2. The first-order valence-electron chi connectivity index (χ1n) is 6.26. The molecule has 0 bridgehead atoms. The van der Waals surface area contributed by atoms with E-state index < -0.39 is 0 Å². The van der Waals surface area contributed by atoms with Crippen molar-refractivity contribution in [3.8, 4) is 0 Å². The van der Waals surface area contributed by atoms with E-state index in [2.05, 4.69) is 66.1 Å². The molecule has 96 valence electrons. The molecule has 0 fully saturated rings. The predicted octanol–water partition coefficient (Wildman–Crippen LogP) is 4.53. The van der Waals surface area contributed by atoms with Crippen LogP contribution in [-0.4, -0.2) is 0 Å². The number of hydrogen-bond donors (Lipinski definition) is 1. The van der Waals surface area contributed by atoms with Crippen LogP contribution in [0.25, 0.3) is 0 Å². The van der Waals surface area contributed by atoms with Gasteiger partial charge in [0.15, 0.2) is 0 Å². The second-order valence-electron chi connectivity index (χ2n) is 4.40. The monoisotopic (exact) mass is 371 g/mol. The van der Waals surface area contributed by atoms with E-state index >= 15 is 0 Å². The Morgan fingerprint density at radius 3 is 2.39 bits per heavy atom. The van der Waals surface area contributed by atoms with Crippen LogP contribution >= 0.6 is 33.9 Å². The van der Waals surface area contributed by atoms with Crippen molar-refractivity contribution in [1.29, 1.82) is 0 Å². The summed E-state index contributed by atoms with van der Waals surface area (Å²) in [6, 6.07) is 8.85. The first kappa shape index (κ1) is 14.0. The molecular weight excluding hydrogens is 353 g/mol. The highest BCUT2D eigenvalue weighted by Crippen LogP contribution is 2.27. The molecule has 1 nitrogen and oxygen atoms in total. The van der Waals surface area contributed by atoms with E-state index in [1.165, 1.54) is 25.1 Å². The van der Waals surface area contributed by atoms with Crippen LogP contribution in [0.2, 0.25) is 0 Å². The van der Waals surface area contributed by atoms with Gasteiger partial charge >= 0.3 is 0 Å². The van der Waals surface area contributed by atoms with Crippen molar-refractivity contribution in [2.45, 2.75) is 32.7 Å². The zero-order valence-electron chi connectivity index (χ0n) is 10.7. The molecule has 18 heavy (non-hydrogen) atoms. The smallest absolute Gasteiger partial charge is 0.0656 e. The van der Waals surface area contributed by atoms with Crippen molar-refractivity contribution in [3.05, 3.63) is 54.8 Å². The van der Waals surface area contributed by atoms with Gasteiger partial charge in [0, 0.05) is 0 Å². The lowest BCUT2D eigenvalue weighted by atomic mass is 9.95. The molecule has 0 spiro atoms. The molecular formula is C15H18INS. The van der Waals surface area contributed by atoms with Gasteiger partial charge in [-0.05, 0) is 69.1 Å². The van der Waals surface area contributed by atoms with Gasteiger partial charge in [0.05, 0.1) is 8.93 Å². The lowest BCUT2D eigenvalue weighted by Gasteiger charge is -2.14. The molecule has 0 aliphatic rings. The lowest BCUT2D eigenvalue weighted by molar-refractivity contribution is 0.868. The van der Waals surface area contributed by atoms with Crippen LogP contribution in [-0.2, 0) is 12.8 Å². The average Bonchev–Trinajstić information content (AvgIpc) is 2.83. The van der Waals surface area contributed by atoms with Crippen LogP contribution in [0, 0.1) is 2.88 Å². The summed E-state index contributed by atoms with van der Waals surface area (Å²) < 4.78 is 1.29. The molecule has 0 amide bonds. The molecule has 0 saturated carbocycles. The van der Waals surface area contributed by atoms with Crippen molar-refractivity contribution in [1.82, 2.24) is 0 Å². The van der Waals surface area contributed by atoms with Crippen LogP contribution in [0.15, 0.2) is 29.6 Å². The van der Waals surface area contributed by atoms with Crippen LogP contribution in [0.1, 0.15) is 42.1 Å². The van der Waals surface area contributed by atoms with Crippen LogP contribution in [0.3, 0.4) is 0 Å². The molecule has 3 heteroatoms. The number of benzene rings is 1. The van der Waals surface area contributed by atoms with E-state index in [0.717, 1.165) is 12.8 Å². The Morgan fingerprint density at radius 2 is 1.83 bits per heavy atom. The van der Waals surface area contributed by atoms with Gasteiger partial charge in [-0.1, -0.05) is 32.0 Å². The van der Waals surface area contributed by atoms with Gasteiger partial charge in [0.25, 0.3) is 0 Å². The van der Waals surface area contributed by atoms with Crippen molar-refractivity contribution in [2.75, 3.05) is 0 Å². The Balaban J connectivity index is 2.33. The summed E-state index contributed by atoms with van der Waals surface area (Å²) in [4.78, 5) is 0. The fourth-order valence-electron chi connectivity index (χ4n) is 2.19. The summed E-state index contributed by atoms with van der Waals surface area (Å²) in [5.41, 5.74) is 11.7. The third-order valence-electron chi connectivity index (χ3n) is 3.30. The summed E-state index contributed by atoms with van der Waals surface area (Å²) in [7, 11) is 0. The molecule has 0 aliphatic carbocycles. The Kier molecular flexibility index (Phi) is 4.81. The molecule has 1 aromatic heterocycles. The van der Waals surface area contributed by atoms with Gasteiger partial charge in [0.1, 0.15) is 0 Å². The number of hydrogen-bond acceptors (Lipinski definition) is 2. The molecule has 2 aromatic rings. The highest BCUT2D eigenvalue weighted by atomic mass is 127. The van der Waals surface area contributed by atoms with Crippen LogP contribution in [0.5, 0.6) is 0 Å². The molecule has 0 radical (unpaired) electrons. The van der Waals surface area contributed by atoms with E-state index in [9.17, 15) is 0 Å². The van der Waals surface area contributed by atoms with Gasteiger partial charge in [-0.3, -0.25) is 0 Å². The predicted molar refractivity (Wildman–Crippen MR) is 88.3 cm³/mol. The zero-order valence-corrected chi connectivity index (χ0v) is 13.7. The fourth-order valence-corrected chi connectivity index (χ4v) is 3.60. The summed E-state index contributed by atoms with van der Waals surface area (Å²) >= 11 is 4.09. The molecule has 0 saturated heterocycles. The van der Waals surface area contributed by atoms with Crippen molar-refractivity contribution < 1.29 is 0 Å². The third-order valence-corrected chi connectivity index (χ3v) is 5.11. The maximum Gasteiger partial charge on any atom is 0.0656 e. The van der Waals surface area contributed by atoms with Gasteiger partial charge in [-0.25, -0.2) is 0 Å². The second kappa shape index (κ2) is 6.17. The highest BCUT2D eigenvalue weighted by molar-refractivity contribution is 14.1. The van der Waals surface area contributed by atoms with Crippen molar-refractivity contribution >= 4 is 33.9 Å². The Morgan fingerprint density at radius 1 is 1.11 bits per heavy atom. The van der Waals surface area contributed by atoms with E-state index in [1.807, 2.05) is 0 Å². The second-order valence-corrected chi connectivity index (χ2v) is 7.20. The SMILES string of the molecule is CCc1ccc(C(N)c2csc(I)c2)cc1CC. The standard InChI is InChI=1S/C15H18INS/c1-3-10-5-6-12(7-11(10)4-2)15(17)13-8-14(16)18-9-13/h5-9,15H,3-4,17H2,1-2H3. The minimum atomic E-state index is 0.000900. The molecule has 1 heterocycles. The number of thiophene rings is 1. The quantitative estimate of drug-likeness (QED) is 0.786. The molecule has 1 atom stereocenters. The maximum absolute atomic E-state index is 6.35. The van der Waals surface area contributed by atoms with Crippen molar-refractivity contribution in [3.63, 3.8) is 0 Å². The third kappa shape index (κ3) is 2.95. The molecule has 2 N–H and O–H groups in total. The topological polar surface area (TPSA) is 26.0 Å². The largest absolute Gasteiger partial charge is 0.320 e. The summed E-state index contributed by atoms with van der Waals surface area (Å²) in [5.74, 6) is 0. The summed E-state index contributed by atoms with van der Waals surface area (Å²) in [5, 5.41) is 2.16. The first-order valence-corrected chi connectivity index (χ1v) is 8.22. The average molecular weight is 371 g/mol. The minimum absolute atomic E-state index is 0.000900. The summed E-state index contributed by atoms with van der Waals surface area (Å²) in [6.45, 7) is 4.41. The minimum Gasteiger partial charge on any atom is -0.320 e. The van der Waals surface area contributed by atoms with Crippen molar-refractivity contribution in [2.24, 2.45) is 5.73 Å². The normalized spacial score (nSPS) is 12.7.